The fraction of sp³-hybridized carbons (Fsp3) is 0.643. The Balaban J connectivity index is 1.64. The standard InChI is InChI=1S/C14H19NO3S/c1-18-14-7-10(5-6-15-14)8-19(16,17)9-13-11-3-2-4-12(11)13/h5-7,11-13H,2-4,8-9H2,1H3. The van der Waals surface area contributed by atoms with Gasteiger partial charge in [0.25, 0.3) is 0 Å². The molecule has 2 atom stereocenters. The lowest BCUT2D eigenvalue weighted by molar-refractivity contribution is 0.397. The summed E-state index contributed by atoms with van der Waals surface area (Å²) < 4.78 is 29.5. The number of ether oxygens (including phenoxy) is 1. The van der Waals surface area contributed by atoms with E-state index in [1.807, 2.05) is 0 Å². The van der Waals surface area contributed by atoms with Crippen LogP contribution in [-0.4, -0.2) is 26.3 Å². The highest BCUT2D eigenvalue weighted by atomic mass is 32.2. The third-order valence-corrected chi connectivity index (χ3v) is 6.09. The van der Waals surface area contributed by atoms with Crippen LogP contribution in [0.15, 0.2) is 18.3 Å². The molecule has 2 aliphatic carbocycles. The number of methoxy groups -OCH3 is 1. The molecule has 2 fully saturated rings. The average Bonchev–Trinajstić information content (AvgIpc) is 2.82. The van der Waals surface area contributed by atoms with Crippen molar-refractivity contribution in [2.45, 2.75) is 25.0 Å². The molecule has 0 saturated heterocycles. The summed E-state index contributed by atoms with van der Waals surface area (Å²) in [4.78, 5) is 3.99. The highest BCUT2D eigenvalue weighted by Gasteiger charge is 2.53. The van der Waals surface area contributed by atoms with Gasteiger partial charge in [-0.3, -0.25) is 0 Å². The van der Waals surface area contributed by atoms with E-state index in [2.05, 4.69) is 4.98 Å². The monoisotopic (exact) mass is 281 g/mol. The molecule has 3 rings (SSSR count). The zero-order chi connectivity index (χ0) is 13.5. The average molecular weight is 281 g/mol. The van der Waals surface area contributed by atoms with Gasteiger partial charge in [0.05, 0.1) is 18.6 Å². The molecule has 0 bridgehead atoms. The summed E-state index contributed by atoms with van der Waals surface area (Å²) >= 11 is 0. The van der Waals surface area contributed by atoms with Crippen LogP contribution in [0.1, 0.15) is 24.8 Å². The van der Waals surface area contributed by atoms with Gasteiger partial charge in [0.2, 0.25) is 5.88 Å². The van der Waals surface area contributed by atoms with Gasteiger partial charge in [-0.15, -0.1) is 0 Å². The summed E-state index contributed by atoms with van der Waals surface area (Å²) in [5.41, 5.74) is 0.762. The molecule has 1 aromatic rings. The fourth-order valence-corrected chi connectivity index (χ4v) is 5.36. The van der Waals surface area contributed by atoms with Crippen molar-refractivity contribution < 1.29 is 13.2 Å². The van der Waals surface area contributed by atoms with Crippen LogP contribution in [0.5, 0.6) is 5.88 Å². The lowest BCUT2D eigenvalue weighted by Gasteiger charge is -2.07. The van der Waals surface area contributed by atoms with Crippen molar-refractivity contribution in [3.63, 3.8) is 0 Å². The maximum Gasteiger partial charge on any atom is 0.213 e. The third-order valence-electron chi connectivity index (χ3n) is 4.43. The first-order valence-corrected chi connectivity index (χ1v) is 8.60. The minimum Gasteiger partial charge on any atom is -0.481 e. The molecule has 19 heavy (non-hydrogen) atoms. The molecule has 0 aliphatic heterocycles. The van der Waals surface area contributed by atoms with Crippen LogP contribution in [0.3, 0.4) is 0 Å². The lowest BCUT2D eigenvalue weighted by atomic mass is 10.2. The van der Waals surface area contributed by atoms with Gasteiger partial charge >= 0.3 is 0 Å². The molecule has 0 spiro atoms. The second-order valence-corrected chi connectivity index (χ2v) is 7.79. The third kappa shape index (κ3) is 2.76. The Morgan fingerprint density at radius 1 is 1.37 bits per heavy atom. The Labute approximate surface area is 114 Å². The molecular formula is C14H19NO3S. The van der Waals surface area contributed by atoms with Gasteiger partial charge in [0.1, 0.15) is 0 Å². The molecule has 1 heterocycles. The molecular weight excluding hydrogens is 262 g/mol. The van der Waals surface area contributed by atoms with Gasteiger partial charge in [0.15, 0.2) is 9.84 Å². The SMILES string of the molecule is COc1cc(CS(=O)(=O)CC2C3CCCC32)ccn1. The normalized spacial score (nSPS) is 29.0. The van der Waals surface area contributed by atoms with Gasteiger partial charge in [-0.05, 0) is 42.2 Å². The smallest absolute Gasteiger partial charge is 0.213 e. The molecule has 0 aromatic carbocycles. The van der Waals surface area contributed by atoms with Crippen molar-refractivity contribution in [1.82, 2.24) is 4.98 Å². The minimum atomic E-state index is -3.02. The molecule has 2 saturated carbocycles. The predicted octanol–water partition coefficient (Wildman–Crippen LogP) is 2.05. The van der Waals surface area contributed by atoms with Gasteiger partial charge in [-0.1, -0.05) is 6.42 Å². The molecule has 1 aromatic heterocycles. The fourth-order valence-electron chi connectivity index (χ4n) is 3.48. The lowest BCUT2D eigenvalue weighted by Crippen LogP contribution is -2.13. The van der Waals surface area contributed by atoms with Gasteiger partial charge in [0, 0.05) is 12.3 Å². The maximum absolute atomic E-state index is 12.2. The van der Waals surface area contributed by atoms with E-state index >= 15 is 0 Å². The number of fused-ring (bicyclic) bond motifs is 1. The summed E-state index contributed by atoms with van der Waals surface area (Å²) in [7, 11) is -1.49. The Morgan fingerprint density at radius 2 is 2.11 bits per heavy atom. The summed E-state index contributed by atoms with van der Waals surface area (Å²) in [6.07, 6.45) is 5.34. The van der Waals surface area contributed by atoms with E-state index < -0.39 is 9.84 Å². The van der Waals surface area contributed by atoms with Crippen LogP contribution in [0.4, 0.5) is 0 Å². The van der Waals surface area contributed by atoms with Crippen molar-refractivity contribution in [1.29, 1.82) is 0 Å². The van der Waals surface area contributed by atoms with Gasteiger partial charge in [-0.25, -0.2) is 13.4 Å². The number of aromatic nitrogens is 1. The first kappa shape index (κ1) is 12.9. The van der Waals surface area contributed by atoms with Crippen molar-refractivity contribution in [2.24, 2.45) is 17.8 Å². The van der Waals surface area contributed by atoms with Crippen LogP contribution in [0.25, 0.3) is 0 Å². The first-order valence-electron chi connectivity index (χ1n) is 6.78. The van der Waals surface area contributed by atoms with Crippen molar-refractivity contribution in [2.75, 3.05) is 12.9 Å². The van der Waals surface area contributed by atoms with E-state index in [4.69, 9.17) is 4.74 Å². The van der Waals surface area contributed by atoms with Crippen molar-refractivity contribution in [3.05, 3.63) is 23.9 Å². The zero-order valence-corrected chi connectivity index (χ0v) is 11.9. The molecule has 2 unspecified atom stereocenters. The Kier molecular flexibility index (Phi) is 3.25. The largest absolute Gasteiger partial charge is 0.481 e. The molecule has 2 aliphatic rings. The zero-order valence-electron chi connectivity index (χ0n) is 11.1. The van der Waals surface area contributed by atoms with E-state index in [0.29, 0.717) is 29.4 Å². The second kappa shape index (κ2) is 4.78. The van der Waals surface area contributed by atoms with E-state index in [0.717, 1.165) is 5.56 Å². The van der Waals surface area contributed by atoms with E-state index in [1.165, 1.54) is 26.4 Å². The summed E-state index contributed by atoms with van der Waals surface area (Å²) in [6, 6.07) is 3.44. The Bertz CT molecular complexity index is 560. The van der Waals surface area contributed by atoms with Crippen LogP contribution in [0, 0.1) is 17.8 Å². The van der Waals surface area contributed by atoms with Crippen molar-refractivity contribution in [3.8, 4) is 5.88 Å². The number of hydrogen-bond acceptors (Lipinski definition) is 4. The molecule has 0 amide bonds. The molecule has 0 N–H and O–H groups in total. The number of rotatable bonds is 5. The number of pyridine rings is 1. The number of nitrogens with zero attached hydrogens (tertiary/aromatic N) is 1. The van der Waals surface area contributed by atoms with Crippen LogP contribution in [0.2, 0.25) is 0 Å². The van der Waals surface area contributed by atoms with E-state index in [1.54, 1.807) is 18.3 Å². The molecule has 104 valence electrons. The number of hydrogen-bond donors (Lipinski definition) is 0. The second-order valence-electron chi connectivity index (χ2n) is 5.68. The van der Waals surface area contributed by atoms with Gasteiger partial charge in [-0.2, -0.15) is 0 Å². The topological polar surface area (TPSA) is 56.3 Å². The maximum atomic E-state index is 12.2. The summed E-state index contributed by atoms with van der Waals surface area (Å²) in [5.74, 6) is 2.75. The van der Waals surface area contributed by atoms with E-state index in [9.17, 15) is 8.42 Å². The van der Waals surface area contributed by atoms with E-state index in [-0.39, 0.29) is 5.75 Å². The van der Waals surface area contributed by atoms with Crippen LogP contribution < -0.4 is 4.74 Å². The van der Waals surface area contributed by atoms with Gasteiger partial charge < -0.3 is 4.74 Å². The first-order chi connectivity index (χ1) is 9.09. The highest BCUT2D eigenvalue weighted by molar-refractivity contribution is 7.90. The van der Waals surface area contributed by atoms with Crippen LogP contribution >= 0.6 is 0 Å². The quantitative estimate of drug-likeness (QED) is 0.829. The Hall–Kier alpha value is -1.10. The highest BCUT2D eigenvalue weighted by Crippen LogP contribution is 2.57. The summed E-state index contributed by atoms with van der Waals surface area (Å²) in [6.45, 7) is 0. The number of sulfone groups is 1. The molecule has 5 heteroatoms. The predicted molar refractivity (Wildman–Crippen MR) is 72.6 cm³/mol. The molecule has 0 radical (unpaired) electrons. The molecule has 4 nitrogen and oxygen atoms in total. The Morgan fingerprint density at radius 3 is 2.79 bits per heavy atom. The van der Waals surface area contributed by atoms with Crippen LogP contribution in [-0.2, 0) is 15.6 Å². The minimum absolute atomic E-state index is 0.0990. The summed E-state index contributed by atoms with van der Waals surface area (Å²) in [5, 5.41) is 0. The van der Waals surface area contributed by atoms with Crippen molar-refractivity contribution >= 4 is 9.84 Å².